The van der Waals surface area contributed by atoms with E-state index in [2.05, 4.69) is 9.62 Å². The molecule has 1 saturated carbocycles. The molecule has 34 heavy (non-hydrogen) atoms. The van der Waals surface area contributed by atoms with Crippen molar-refractivity contribution in [3.8, 4) is 5.75 Å². The Balaban J connectivity index is 1.58. The average Bonchev–Trinajstić information content (AvgIpc) is 3.56. The lowest BCUT2D eigenvalue weighted by Gasteiger charge is -2.32. The highest BCUT2D eigenvalue weighted by molar-refractivity contribution is 7.89. The van der Waals surface area contributed by atoms with Gasteiger partial charge >= 0.3 is 0 Å². The molecular weight excluding hydrogens is 455 g/mol. The van der Waals surface area contributed by atoms with Crippen LogP contribution in [-0.4, -0.2) is 52.2 Å². The Morgan fingerprint density at radius 2 is 1.85 bits per heavy atom. The number of carbonyl (C=O) groups is 1. The van der Waals surface area contributed by atoms with Gasteiger partial charge < -0.3 is 9.64 Å². The lowest BCUT2D eigenvalue weighted by molar-refractivity contribution is -0.125. The zero-order valence-electron chi connectivity index (χ0n) is 19.9. The molecule has 0 unspecified atom stereocenters. The number of halogens is 1. The van der Waals surface area contributed by atoms with E-state index in [1.54, 1.807) is 19.2 Å². The first kappa shape index (κ1) is 24.4. The van der Waals surface area contributed by atoms with E-state index in [9.17, 15) is 17.6 Å². The number of ether oxygens (including phenoxy) is 1. The van der Waals surface area contributed by atoms with Gasteiger partial charge in [-0.3, -0.25) is 9.52 Å². The van der Waals surface area contributed by atoms with Crippen LogP contribution in [-0.2, 0) is 14.8 Å². The van der Waals surface area contributed by atoms with Gasteiger partial charge in [-0.05, 0) is 79.1 Å². The van der Waals surface area contributed by atoms with E-state index in [1.807, 2.05) is 31.2 Å². The van der Waals surface area contributed by atoms with Gasteiger partial charge in [0.25, 0.3) is 0 Å². The Labute approximate surface area is 200 Å². The van der Waals surface area contributed by atoms with Crippen LogP contribution in [0, 0.1) is 18.2 Å². The molecule has 182 valence electrons. The molecule has 0 bridgehead atoms. The first-order chi connectivity index (χ1) is 16.1. The van der Waals surface area contributed by atoms with E-state index in [0.717, 1.165) is 60.2 Å². The minimum absolute atomic E-state index is 0.272. The number of carbonyl (C=O) groups excluding carboxylic acids is 1. The molecule has 2 aliphatic rings. The first-order valence-electron chi connectivity index (χ1n) is 11.5. The molecule has 6 nitrogen and oxygen atoms in total. The largest absolute Gasteiger partial charge is 0.497 e. The third kappa shape index (κ3) is 5.50. The molecular formula is C26H31FN2O4S. The van der Waals surface area contributed by atoms with Crippen molar-refractivity contribution < 1.29 is 22.3 Å². The van der Waals surface area contributed by atoms with Gasteiger partial charge in [0.15, 0.2) is 0 Å². The highest BCUT2D eigenvalue weighted by Gasteiger charge is 2.51. The summed E-state index contributed by atoms with van der Waals surface area (Å²) in [6.07, 6.45) is 4.00. The summed E-state index contributed by atoms with van der Waals surface area (Å²) in [4.78, 5) is 14.7. The Hall–Kier alpha value is -2.71. The molecule has 0 atom stereocenters. The van der Waals surface area contributed by atoms with Crippen LogP contribution in [0.3, 0.4) is 0 Å². The number of rotatable bonds is 7. The number of sulfonamides is 1. The van der Waals surface area contributed by atoms with Crippen molar-refractivity contribution in [3.05, 3.63) is 70.5 Å². The number of aryl methyl sites for hydroxylation is 1. The zero-order chi connectivity index (χ0) is 24.5. The molecule has 0 aromatic heterocycles. The normalized spacial score (nSPS) is 17.8. The van der Waals surface area contributed by atoms with E-state index in [4.69, 9.17) is 4.74 Å². The summed E-state index contributed by atoms with van der Waals surface area (Å²) in [5, 5.41) is 0. The topological polar surface area (TPSA) is 75.7 Å². The van der Waals surface area contributed by atoms with Gasteiger partial charge in [0.2, 0.25) is 15.9 Å². The highest BCUT2D eigenvalue weighted by atomic mass is 32.2. The lowest BCUT2D eigenvalue weighted by Crippen LogP contribution is -2.44. The second-order valence-electron chi connectivity index (χ2n) is 9.43. The van der Waals surface area contributed by atoms with E-state index < -0.39 is 21.3 Å². The van der Waals surface area contributed by atoms with Crippen LogP contribution in [0.4, 0.5) is 4.39 Å². The molecule has 0 radical (unpaired) electrons. The van der Waals surface area contributed by atoms with Crippen molar-refractivity contribution in [1.82, 2.24) is 9.62 Å². The number of hydrogen-bond donors (Lipinski definition) is 1. The van der Waals surface area contributed by atoms with Crippen LogP contribution >= 0.6 is 0 Å². The van der Waals surface area contributed by atoms with Gasteiger partial charge in [-0.2, -0.15) is 0 Å². The van der Waals surface area contributed by atoms with Crippen molar-refractivity contribution in [2.75, 3.05) is 33.0 Å². The Morgan fingerprint density at radius 3 is 2.41 bits per heavy atom. The van der Waals surface area contributed by atoms with Crippen molar-refractivity contribution in [2.24, 2.45) is 5.41 Å². The predicted octanol–water partition coefficient (Wildman–Crippen LogP) is 3.90. The summed E-state index contributed by atoms with van der Waals surface area (Å²) < 4.78 is 44.7. The summed E-state index contributed by atoms with van der Waals surface area (Å²) in [6.45, 7) is 4.11. The SMILES string of the molecule is COc1ccc(C(=C2CCN(CC3(C(=O)NS(C)(=O)=O)CC3)CC2)c2cccc(F)c2)c(C)c1. The van der Waals surface area contributed by atoms with Gasteiger partial charge in [-0.25, -0.2) is 12.8 Å². The van der Waals surface area contributed by atoms with Gasteiger partial charge in [0.05, 0.1) is 18.8 Å². The minimum atomic E-state index is -3.57. The zero-order valence-corrected chi connectivity index (χ0v) is 20.7. The number of nitrogens with zero attached hydrogens (tertiary/aromatic N) is 1. The quantitative estimate of drug-likeness (QED) is 0.643. The standard InChI is InChI=1S/C26H31FN2O4S/c1-18-15-22(33-2)7-8-23(18)24(20-5-4-6-21(27)16-20)19-9-13-29(14-10-19)17-26(11-12-26)25(30)28-34(3,31)32/h4-8,15-16H,9-14,17H2,1-3H3,(H,28,30). The molecule has 1 aliphatic heterocycles. The van der Waals surface area contributed by atoms with Gasteiger partial charge in [0, 0.05) is 19.6 Å². The monoisotopic (exact) mass is 486 g/mol. The van der Waals surface area contributed by atoms with Crippen molar-refractivity contribution in [1.29, 1.82) is 0 Å². The number of piperidine rings is 1. The number of amides is 1. The second kappa shape index (κ2) is 9.50. The molecule has 0 spiro atoms. The number of methoxy groups -OCH3 is 1. The summed E-state index contributed by atoms with van der Waals surface area (Å²) in [5.41, 5.74) is 4.66. The highest BCUT2D eigenvalue weighted by Crippen LogP contribution is 2.47. The summed E-state index contributed by atoms with van der Waals surface area (Å²) in [7, 11) is -1.93. The van der Waals surface area contributed by atoms with E-state index >= 15 is 0 Å². The lowest BCUT2D eigenvalue weighted by atomic mass is 9.86. The number of benzene rings is 2. The van der Waals surface area contributed by atoms with Crippen LogP contribution < -0.4 is 9.46 Å². The molecule has 1 amide bonds. The van der Waals surface area contributed by atoms with Crippen molar-refractivity contribution >= 4 is 21.5 Å². The molecule has 2 aromatic carbocycles. The third-order valence-corrected chi connectivity index (χ3v) is 7.33. The number of nitrogens with one attached hydrogen (secondary N) is 1. The summed E-state index contributed by atoms with van der Waals surface area (Å²) in [5.74, 6) is 0.110. The summed E-state index contributed by atoms with van der Waals surface area (Å²) >= 11 is 0. The maximum Gasteiger partial charge on any atom is 0.240 e. The van der Waals surface area contributed by atoms with E-state index in [0.29, 0.717) is 19.4 Å². The van der Waals surface area contributed by atoms with Crippen LogP contribution in [0.5, 0.6) is 5.75 Å². The third-order valence-electron chi connectivity index (χ3n) is 6.77. The van der Waals surface area contributed by atoms with Crippen LogP contribution in [0.15, 0.2) is 48.0 Å². The fraction of sp³-hybridized carbons (Fsp3) is 0.423. The molecule has 1 aliphatic carbocycles. The van der Waals surface area contributed by atoms with E-state index in [1.165, 1.54) is 11.6 Å². The number of likely N-dealkylation sites (tertiary alicyclic amines) is 1. The maximum absolute atomic E-state index is 14.1. The molecule has 2 aromatic rings. The van der Waals surface area contributed by atoms with Gasteiger partial charge in [-0.1, -0.05) is 23.8 Å². The Bertz CT molecular complexity index is 1230. The summed E-state index contributed by atoms with van der Waals surface area (Å²) in [6, 6.07) is 12.6. The Kier molecular flexibility index (Phi) is 6.82. The second-order valence-corrected chi connectivity index (χ2v) is 11.2. The van der Waals surface area contributed by atoms with Gasteiger partial charge in [0.1, 0.15) is 11.6 Å². The molecule has 2 fully saturated rings. The van der Waals surface area contributed by atoms with Crippen molar-refractivity contribution in [3.63, 3.8) is 0 Å². The average molecular weight is 487 g/mol. The predicted molar refractivity (Wildman–Crippen MR) is 130 cm³/mol. The van der Waals surface area contributed by atoms with Crippen LogP contribution in [0.2, 0.25) is 0 Å². The van der Waals surface area contributed by atoms with Crippen LogP contribution in [0.25, 0.3) is 5.57 Å². The molecule has 1 saturated heterocycles. The van der Waals surface area contributed by atoms with Crippen molar-refractivity contribution in [2.45, 2.75) is 32.6 Å². The number of hydrogen-bond acceptors (Lipinski definition) is 5. The van der Waals surface area contributed by atoms with Gasteiger partial charge in [-0.15, -0.1) is 0 Å². The molecule has 4 rings (SSSR count). The molecule has 8 heteroatoms. The first-order valence-corrected chi connectivity index (χ1v) is 13.4. The minimum Gasteiger partial charge on any atom is -0.497 e. The van der Waals surface area contributed by atoms with Crippen LogP contribution in [0.1, 0.15) is 42.4 Å². The fourth-order valence-electron chi connectivity index (χ4n) is 4.78. The molecule has 1 heterocycles. The maximum atomic E-state index is 14.1. The molecule has 1 N–H and O–H groups in total. The smallest absolute Gasteiger partial charge is 0.240 e. The van der Waals surface area contributed by atoms with E-state index in [-0.39, 0.29) is 5.82 Å². The Morgan fingerprint density at radius 1 is 1.15 bits per heavy atom. The fourth-order valence-corrected chi connectivity index (χ4v) is 5.33.